The molecule has 0 spiro atoms. The van der Waals surface area contributed by atoms with Gasteiger partial charge in [-0.1, -0.05) is 37.8 Å². The van der Waals surface area contributed by atoms with E-state index in [2.05, 4.69) is 19.9 Å². The number of ketones is 1. The van der Waals surface area contributed by atoms with E-state index in [1.165, 1.54) is 37.7 Å². The molecule has 0 aromatic carbocycles. The molecule has 0 radical (unpaired) electrons. The van der Waals surface area contributed by atoms with E-state index >= 15 is 0 Å². The zero-order valence-corrected chi connectivity index (χ0v) is 10.2. The highest BCUT2D eigenvalue weighted by atomic mass is 16.1. The molecule has 0 amide bonds. The largest absolute Gasteiger partial charge is 0.299 e. The van der Waals surface area contributed by atoms with E-state index in [-0.39, 0.29) is 5.92 Å². The lowest BCUT2D eigenvalue weighted by Crippen LogP contribution is -2.15. The SMILES string of the molecule is CCCCCCC(=O)C1C=C(C)CCC1. The highest BCUT2D eigenvalue weighted by Crippen LogP contribution is 2.24. The summed E-state index contributed by atoms with van der Waals surface area (Å²) in [6, 6.07) is 0. The van der Waals surface area contributed by atoms with Crippen molar-refractivity contribution in [3.05, 3.63) is 11.6 Å². The van der Waals surface area contributed by atoms with Crippen molar-refractivity contribution in [1.29, 1.82) is 0 Å². The Hall–Kier alpha value is -0.590. The van der Waals surface area contributed by atoms with Gasteiger partial charge < -0.3 is 0 Å². The fraction of sp³-hybridized carbons (Fsp3) is 0.786. The number of Topliss-reactive ketones (excluding diaryl/α,β-unsaturated/α-hetero) is 1. The number of carbonyl (C=O) groups excluding carboxylic acids is 1. The van der Waals surface area contributed by atoms with Crippen LogP contribution in [0.1, 0.15) is 65.2 Å². The summed E-state index contributed by atoms with van der Waals surface area (Å²) in [5.41, 5.74) is 1.41. The maximum absolute atomic E-state index is 11.9. The Morgan fingerprint density at radius 3 is 2.87 bits per heavy atom. The molecule has 0 saturated heterocycles. The minimum Gasteiger partial charge on any atom is -0.299 e. The minimum absolute atomic E-state index is 0.250. The lowest BCUT2D eigenvalue weighted by atomic mass is 9.86. The quantitative estimate of drug-likeness (QED) is 0.470. The Morgan fingerprint density at radius 1 is 1.40 bits per heavy atom. The van der Waals surface area contributed by atoms with Crippen LogP contribution in [0.15, 0.2) is 11.6 Å². The van der Waals surface area contributed by atoms with E-state index in [9.17, 15) is 4.79 Å². The molecule has 0 heterocycles. The second-order valence-electron chi connectivity index (χ2n) is 4.79. The van der Waals surface area contributed by atoms with Crippen molar-refractivity contribution in [2.24, 2.45) is 5.92 Å². The van der Waals surface area contributed by atoms with Crippen LogP contribution in [0.3, 0.4) is 0 Å². The Kier molecular flexibility index (Phi) is 5.67. The molecule has 1 unspecified atom stereocenters. The number of carbonyl (C=O) groups is 1. The van der Waals surface area contributed by atoms with Gasteiger partial charge in [-0.3, -0.25) is 4.79 Å². The smallest absolute Gasteiger partial charge is 0.139 e. The summed E-state index contributed by atoms with van der Waals surface area (Å²) in [7, 11) is 0. The number of hydrogen-bond acceptors (Lipinski definition) is 1. The lowest BCUT2D eigenvalue weighted by Gasteiger charge is -2.18. The average Bonchev–Trinajstić information content (AvgIpc) is 2.24. The molecule has 0 saturated carbocycles. The van der Waals surface area contributed by atoms with E-state index < -0.39 is 0 Å². The average molecular weight is 208 g/mol. The van der Waals surface area contributed by atoms with Crippen LogP contribution in [0.4, 0.5) is 0 Å². The summed E-state index contributed by atoms with van der Waals surface area (Å²) < 4.78 is 0. The van der Waals surface area contributed by atoms with E-state index in [0.717, 1.165) is 19.3 Å². The highest BCUT2D eigenvalue weighted by molar-refractivity contribution is 5.82. The first-order valence-corrected chi connectivity index (χ1v) is 6.44. The number of hydrogen-bond donors (Lipinski definition) is 0. The van der Waals surface area contributed by atoms with Gasteiger partial charge in [0.05, 0.1) is 0 Å². The van der Waals surface area contributed by atoms with Gasteiger partial charge in [-0.2, -0.15) is 0 Å². The molecule has 0 aromatic rings. The number of rotatable bonds is 6. The van der Waals surface area contributed by atoms with Gasteiger partial charge in [-0.25, -0.2) is 0 Å². The zero-order valence-electron chi connectivity index (χ0n) is 10.2. The van der Waals surface area contributed by atoms with Crippen LogP contribution in [-0.2, 0) is 4.79 Å². The number of allylic oxidation sites excluding steroid dienone is 2. The van der Waals surface area contributed by atoms with E-state index in [1.807, 2.05) is 0 Å². The lowest BCUT2D eigenvalue weighted by molar-refractivity contribution is -0.121. The molecule has 1 rings (SSSR count). The second-order valence-corrected chi connectivity index (χ2v) is 4.79. The van der Waals surface area contributed by atoms with Crippen LogP contribution in [0.2, 0.25) is 0 Å². The van der Waals surface area contributed by atoms with E-state index in [0.29, 0.717) is 5.78 Å². The normalized spacial score (nSPS) is 21.2. The molecule has 1 aliphatic rings. The van der Waals surface area contributed by atoms with Crippen molar-refractivity contribution in [3.63, 3.8) is 0 Å². The molecular weight excluding hydrogens is 184 g/mol. The van der Waals surface area contributed by atoms with Gasteiger partial charge in [-0.05, 0) is 32.6 Å². The minimum atomic E-state index is 0.250. The maximum Gasteiger partial charge on any atom is 0.139 e. The molecule has 1 atom stereocenters. The number of unbranched alkanes of at least 4 members (excludes halogenated alkanes) is 3. The van der Waals surface area contributed by atoms with Gasteiger partial charge in [0.2, 0.25) is 0 Å². The van der Waals surface area contributed by atoms with Crippen LogP contribution < -0.4 is 0 Å². The third-order valence-corrected chi connectivity index (χ3v) is 3.26. The predicted octanol–water partition coefficient (Wildman–Crippen LogP) is 4.27. The second kappa shape index (κ2) is 6.81. The van der Waals surface area contributed by atoms with Crippen LogP contribution in [-0.4, -0.2) is 5.78 Å². The summed E-state index contributed by atoms with van der Waals surface area (Å²) in [5, 5.41) is 0. The van der Waals surface area contributed by atoms with Crippen molar-refractivity contribution < 1.29 is 4.79 Å². The first-order chi connectivity index (χ1) is 7.24. The molecule has 0 aromatic heterocycles. The Balaban J connectivity index is 2.24. The third kappa shape index (κ3) is 4.63. The zero-order chi connectivity index (χ0) is 11.1. The Labute approximate surface area is 93.9 Å². The van der Waals surface area contributed by atoms with Gasteiger partial charge >= 0.3 is 0 Å². The first-order valence-electron chi connectivity index (χ1n) is 6.44. The van der Waals surface area contributed by atoms with Crippen LogP contribution >= 0.6 is 0 Å². The summed E-state index contributed by atoms with van der Waals surface area (Å²) in [5.74, 6) is 0.727. The van der Waals surface area contributed by atoms with Gasteiger partial charge in [-0.15, -0.1) is 0 Å². The summed E-state index contributed by atoms with van der Waals surface area (Å²) in [6.45, 7) is 4.35. The van der Waals surface area contributed by atoms with Gasteiger partial charge in [0.15, 0.2) is 0 Å². The molecule has 1 aliphatic carbocycles. The molecule has 1 nitrogen and oxygen atoms in total. The molecule has 0 aliphatic heterocycles. The van der Waals surface area contributed by atoms with E-state index in [4.69, 9.17) is 0 Å². The molecule has 0 N–H and O–H groups in total. The molecule has 15 heavy (non-hydrogen) atoms. The van der Waals surface area contributed by atoms with Gasteiger partial charge in [0.25, 0.3) is 0 Å². The summed E-state index contributed by atoms with van der Waals surface area (Å²) >= 11 is 0. The fourth-order valence-corrected chi connectivity index (χ4v) is 2.28. The van der Waals surface area contributed by atoms with Crippen molar-refractivity contribution >= 4 is 5.78 Å². The van der Waals surface area contributed by atoms with Crippen LogP contribution in [0.25, 0.3) is 0 Å². The third-order valence-electron chi connectivity index (χ3n) is 3.26. The predicted molar refractivity (Wildman–Crippen MR) is 64.9 cm³/mol. The first kappa shape index (κ1) is 12.5. The Morgan fingerprint density at radius 2 is 2.20 bits per heavy atom. The fourth-order valence-electron chi connectivity index (χ4n) is 2.28. The molecule has 0 bridgehead atoms. The summed E-state index contributed by atoms with van der Waals surface area (Å²) in [6.07, 6.45) is 11.3. The monoisotopic (exact) mass is 208 g/mol. The summed E-state index contributed by atoms with van der Waals surface area (Å²) in [4.78, 5) is 11.9. The maximum atomic E-state index is 11.9. The van der Waals surface area contributed by atoms with Crippen molar-refractivity contribution in [1.82, 2.24) is 0 Å². The van der Waals surface area contributed by atoms with Crippen LogP contribution in [0, 0.1) is 5.92 Å². The standard InChI is InChI=1S/C14H24O/c1-3-4-5-6-10-14(15)13-9-7-8-12(2)11-13/h11,13H,3-10H2,1-2H3. The van der Waals surface area contributed by atoms with Crippen LogP contribution in [0.5, 0.6) is 0 Å². The van der Waals surface area contributed by atoms with Gasteiger partial charge in [0, 0.05) is 12.3 Å². The molecule has 86 valence electrons. The van der Waals surface area contributed by atoms with Gasteiger partial charge in [0.1, 0.15) is 5.78 Å². The molecular formula is C14H24O. The van der Waals surface area contributed by atoms with Crippen molar-refractivity contribution in [2.45, 2.75) is 65.2 Å². The van der Waals surface area contributed by atoms with E-state index in [1.54, 1.807) is 0 Å². The molecule has 1 heteroatoms. The van der Waals surface area contributed by atoms with Crippen molar-refractivity contribution in [3.8, 4) is 0 Å². The molecule has 0 fully saturated rings. The highest BCUT2D eigenvalue weighted by Gasteiger charge is 2.18. The topological polar surface area (TPSA) is 17.1 Å². The Bertz CT molecular complexity index is 227. The van der Waals surface area contributed by atoms with Crippen molar-refractivity contribution in [2.75, 3.05) is 0 Å².